The van der Waals surface area contributed by atoms with Crippen LogP contribution < -0.4 is 14.0 Å². The summed E-state index contributed by atoms with van der Waals surface area (Å²) in [6.07, 6.45) is 1.95. The van der Waals surface area contributed by atoms with E-state index in [0.717, 1.165) is 10.9 Å². The van der Waals surface area contributed by atoms with Gasteiger partial charge in [0.1, 0.15) is 0 Å². The Bertz CT molecular complexity index is 903. The highest BCUT2D eigenvalue weighted by atomic mass is 16.5. The summed E-state index contributed by atoms with van der Waals surface area (Å²) in [7, 11) is 3.14. The number of Topliss-reactive ketones (excluding diaryl/α,β-unsaturated/α-hetero) is 1. The molecule has 0 saturated heterocycles. The van der Waals surface area contributed by atoms with E-state index in [4.69, 9.17) is 9.47 Å². The molecule has 1 aromatic heterocycles. The number of methoxy groups -OCH3 is 2. The molecule has 0 aliphatic rings. The molecule has 2 aromatic carbocycles. The van der Waals surface area contributed by atoms with Crippen LogP contribution in [0.2, 0.25) is 0 Å². The van der Waals surface area contributed by atoms with Crippen molar-refractivity contribution in [1.82, 2.24) is 0 Å². The molecule has 4 heteroatoms. The first kappa shape index (κ1) is 16.0. The van der Waals surface area contributed by atoms with E-state index < -0.39 is 0 Å². The van der Waals surface area contributed by atoms with Gasteiger partial charge in [0.05, 0.1) is 14.2 Å². The molecule has 4 nitrogen and oxygen atoms in total. The zero-order valence-corrected chi connectivity index (χ0v) is 14.1. The molecule has 0 fully saturated rings. The van der Waals surface area contributed by atoms with Gasteiger partial charge in [-0.2, -0.15) is 4.57 Å². The fourth-order valence-corrected chi connectivity index (χ4v) is 2.82. The van der Waals surface area contributed by atoms with Crippen molar-refractivity contribution in [1.29, 1.82) is 0 Å². The van der Waals surface area contributed by atoms with Crippen molar-refractivity contribution in [2.24, 2.45) is 0 Å². The number of aryl methyl sites for hydroxylation is 1. The fourth-order valence-electron chi connectivity index (χ4n) is 2.82. The van der Waals surface area contributed by atoms with E-state index in [1.807, 2.05) is 35.0 Å². The predicted molar refractivity (Wildman–Crippen MR) is 92.8 cm³/mol. The van der Waals surface area contributed by atoms with Gasteiger partial charge in [-0.1, -0.05) is 12.1 Å². The number of fused-ring (bicyclic) bond motifs is 1. The van der Waals surface area contributed by atoms with Gasteiger partial charge in [0.2, 0.25) is 17.8 Å². The van der Waals surface area contributed by atoms with Crippen molar-refractivity contribution in [2.45, 2.75) is 13.5 Å². The molecular weight excluding hydrogens is 302 g/mol. The molecule has 0 amide bonds. The molecule has 3 rings (SSSR count). The van der Waals surface area contributed by atoms with Crippen LogP contribution in [0.5, 0.6) is 11.5 Å². The van der Waals surface area contributed by atoms with Crippen LogP contribution in [0, 0.1) is 6.92 Å². The maximum absolute atomic E-state index is 12.7. The van der Waals surface area contributed by atoms with Crippen molar-refractivity contribution in [3.63, 3.8) is 0 Å². The monoisotopic (exact) mass is 322 g/mol. The van der Waals surface area contributed by atoms with Crippen molar-refractivity contribution >= 4 is 16.7 Å². The van der Waals surface area contributed by atoms with Gasteiger partial charge in [0.25, 0.3) is 0 Å². The van der Waals surface area contributed by atoms with Gasteiger partial charge in [-0.15, -0.1) is 0 Å². The molecule has 0 atom stereocenters. The second-order valence-corrected chi connectivity index (χ2v) is 5.64. The Kier molecular flexibility index (Phi) is 4.47. The van der Waals surface area contributed by atoms with Crippen LogP contribution in [-0.4, -0.2) is 20.0 Å². The highest BCUT2D eigenvalue weighted by Gasteiger charge is 2.17. The summed E-state index contributed by atoms with van der Waals surface area (Å²) in [5.41, 5.74) is 2.84. The minimum absolute atomic E-state index is 0.0231. The van der Waals surface area contributed by atoms with E-state index in [1.54, 1.807) is 32.4 Å². The van der Waals surface area contributed by atoms with Gasteiger partial charge >= 0.3 is 0 Å². The normalized spacial score (nSPS) is 10.6. The second-order valence-electron chi connectivity index (χ2n) is 5.64. The van der Waals surface area contributed by atoms with E-state index in [1.165, 1.54) is 5.56 Å². The van der Waals surface area contributed by atoms with Crippen LogP contribution in [0.1, 0.15) is 15.9 Å². The summed E-state index contributed by atoms with van der Waals surface area (Å²) in [6, 6.07) is 15.4. The standard InChI is InChI=1S/C20H20NO3/c1-14-10-11-21(17-7-5-4-6-16(14)17)13-18(22)15-8-9-19(23-2)20(12-15)24-3/h4-12H,13H2,1-3H3/q+1. The number of ether oxygens (including phenoxy) is 2. The Balaban J connectivity index is 1.95. The van der Waals surface area contributed by atoms with Crippen LogP contribution in [0.15, 0.2) is 54.7 Å². The number of rotatable bonds is 5. The van der Waals surface area contributed by atoms with Gasteiger partial charge in [0, 0.05) is 23.1 Å². The lowest BCUT2D eigenvalue weighted by Crippen LogP contribution is -2.38. The maximum atomic E-state index is 12.7. The fraction of sp³-hybridized carbons (Fsp3) is 0.200. The van der Waals surface area contributed by atoms with Crippen molar-refractivity contribution in [2.75, 3.05) is 14.2 Å². The van der Waals surface area contributed by atoms with Crippen molar-refractivity contribution in [3.8, 4) is 11.5 Å². The Labute approximate surface area is 141 Å². The first-order valence-corrected chi connectivity index (χ1v) is 7.77. The number of carbonyl (C=O) groups excluding carboxylic acids is 1. The molecule has 122 valence electrons. The maximum Gasteiger partial charge on any atom is 0.227 e. The van der Waals surface area contributed by atoms with E-state index in [2.05, 4.69) is 13.0 Å². The van der Waals surface area contributed by atoms with E-state index >= 15 is 0 Å². The number of ketones is 1. The Hall–Kier alpha value is -2.88. The van der Waals surface area contributed by atoms with Gasteiger partial charge in [-0.25, -0.2) is 0 Å². The summed E-state index contributed by atoms with van der Waals surface area (Å²) in [6.45, 7) is 2.35. The number of nitrogens with zero attached hydrogens (tertiary/aromatic N) is 1. The van der Waals surface area contributed by atoms with Crippen LogP contribution in [0.3, 0.4) is 0 Å². The molecular formula is C20H20NO3+. The molecule has 0 radical (unpaired) electrons. The Morgan fingerprint density at radius 2 is 1.75 bits per heavy atom. The molecule has 0 N–H and O–H groups in total. The summed E-state index contributed by atoms with van der Waals surface area (Å²) >= 11 is 0. The molecule has 0 bridgehead atoms. The molecule has 0 aliphatic heterocycles. The number of hydrogen-bond donors (Lipinski definition) is 0. The zero-order valence-electron chi connectivity index (χ0n) is 14.1. The number of benzene rings is 2. The predicted octanol–water partition coefficient (Wildman–Crippen LogP) is 3.34. The van der Waals surface area contributed by atoms with E-state index in [9.17, 15) is 4.79 Å². The van der Waals surface area contributed by atoms with Crippen LogP contribution in [0.25, 0.3) is 10.9 Å². The van der Waals surface area contributed by atoms with Crippen molar-refractivity contribution < 1.29 is 18.8 Å². The first-order valence-electron chi connectivity index (χ1n) is 7.77. The largest absolute Gasteiger partial charge is 0.493 e. The highest BCUT2D eigenvalue weighted by Crippen LogP contribution is 2.27. The molecule has 1 heterocycles. The Morgan fingerprint density at radius 1 is 1.00 bits per heavy atom. The third-order valence-electron chi connectivity index (χ3n) is 4.16. The summed E-state index contributed by atoms with van der Waals surface area (Å²) in [5.74, 6) is 1.19. The molecule has 24 heavy (non-hydrogen) atoms. The van der Waals surface area contributed by atoms with Crippen LogP contribution in [0.4, 0.5) is 0 Å². The summed E-state index contributed by atoms with van der Waals surface area (Å²) in [5, 5.41) is 1.15. The lowest BCUT2D eigenvalue weighted by Gasteiger charge is -2.08. The molecule has 3 aromatic rings. The second kappa shape index (κ2) is 6.71. The van der Waals surface area contributed by atoms with Gasteiger partial charge in [0.15, 0.2) is 17.7 Å². The van der Waals surface area contributed by atoms with Gasteiger partial charge in [-0.05, 0) is 36.8 Å². The minimum Gasteiger partial charge on any atom is -0.493 e. The summed E-state index contributed by atoms with van der Waals surface area (Å²) < 4.78 is 12.5. The van der Waals surface area contributed by atoms with E-state index in [0.29, 0.717) is 17.1 Å². The SMILES string of the molecule is COc1ccc(C(=O)C[n+]2ccc(C)c3ccccc32)cc1OC. The first-order chi connectivity index (χ1) is 11.6. The molecule has 0 saturated carbocycles. The van der Waals surface area contributed by atoms with Gasteiger partial charge < -0.3 is 9.47 Å². The minimum atomic E-state index is 0.0231. The molecule has 0 unspecified atom stereocenters. The lowest BCUT2D eigenvalue weighted by molar-refractivity contribution is -0.657. The number of pyridine rings is 1. The van der Waals surface area contributed by atoms with Crippen LogP contribution in [-0.2, 0) is 6.54 Å². The van der Waals surface area contributed by atoms with Crippen molar-refractivity contribution in [3.05, 3.63) is 65.9 Å². The number of para-hydroxylation sites is 1. The highest BCUT2D eigenvalue weighted by molar-refractivity contribution is 5.96. The molecule has 0 aliphatic carbocycles. The average Bonchev–Trinajstić information content (AvgIpc) is 2.63. The number of carbonyl (C=O) groups is 1. The number of aromatic nitrogens is 1. The molecule has 0 spiro atoms. The van der Waals surface area contributed by atoms with Gasteiger partial charge in [-0.3, -0.25) is 4.79 Å². The van der Waals surface area contributed by atoms with Crippen LogP contribution >= 0.6 is 0 Å². The summed E-state index contributed by atoms with van der Waals surface area (Å²) in [4.78, 5) is 12.7. The lowest BCUT2D eigenvalue weighted by atomic mass is 10.1. The van der Waals surface area contributed by atoms with E-state index in [-0.39, 0.29) is 12.3 Å². The Morgan fingerprint density at radius 3 is 2.50 bits per heavy atom. The smallest absolute Gasteiger partial charge is 0.227 e. The average molecular weight is 322 g/mol. The third-order valence-corrected chi connectivity index (χ3v) is 4.16. The third kappa shape index (κ3) is 2.95. The zero-order chi connectivity index (χ0) is 17.1. The quantitative estimate of drug-likeness (QED) is 0.534. The topological polar surface area (TPSA) is 39.4 Å². The number of hydrogen-bond acceptors (Lipinski definition) is 3.